The summed E-state index contributed by atoms with van der Waals surface area (Å²) in [5.74, 6) is 0.0861. The number of phenols is 1. The first-order valence-corrected chi connectivity index (χ1v) is 14.4. The molecular weight excluding hydrogens is 474 g/mol. The van der Waals surface area contributed by atoms with Crippen molar-refractivity contribution >= 4 is 0 Å². The standard InChI is InChI=1S/C33H55NO4/c1-13-23-19-27(38-28(37-23)24-18-22(21-34)14-15-25(24)35)33(11,12)31(7,8)17-16-30(5,6)32(9,10)20-26(36)29(2,3)4/h14-15,18,23,26-28,35-36H,13,16-17,19-20H2,1-12H3. The lowest BCUT2D eigenvalue weighted by atomic mass is 9.56. The fourth-order valence-corrected chi connectivity index (χ4v) is 5.18. The molecule has 1 fully saturated rings. The lowest BCUT2D eigenvalue weighted by Gasteiger charge is -2.52. The van der Waals surface area contributed by atoms with E-state index in [0.717, 1.165) is 32.1 Å². The van der Waals surface area contributed by atoms with E-state index in [9.17, 15) is 15.5 Å². The Morgan fingerprint density at radius 3 is 2.03 bits per heavy atom. The molecule has 1 aliphatic heterocycles. The first kappa shape index (κ1) is 32.6. The Balaban J connectivity index is 2.25. The van der Waals surface area contributed by atoms with Gasteiger partial charge in [0.05, 0.1) is 35.5 Å². The second kappa shape index (κ2) is 11.5. The van der Waals surface area contributed by atoms with E-state index < -0.39 is 6.29 Å². The van der Waals surface area contributed by atoms with Crippen molar-refractivity contribution in [1.82, 2.24) is 0 Å². The summed E-state index contributed by atoms with van der Waals surface area (Å²) in [5, 5.41) is 30.8. The van der Waals surface area contributed by atoms with Crippen LogP contribution in [0.25, 0.3) is 0 Å². The second-order valence-corrected chi connectivity index (χ2v) is 15.2. The monoisotopic (exact) mass is 529 g/mol. The molecular formula is C33H55NO4. The molecule has 4 unspecified atom stereocenters. The quantitative estimate of drug-likeness (QED) is 0.317. The van der Waals surface area contributed by atoms with Gasteiger partial charge in [0.1, 0.15) is 5.75 Å². The molecule has 2 N–H and O–H groups in total. The van der Waals surface area contributed by atoms with Gasteiger partial charge in [0, 0.05) is 6.42 Å². The van der Waals surface area contributed by atoms with Gasteiger partial charge < -0.3 is 19.7 Å². The van der Waals surface area contributed by atoms with Crippen LogP contribution in [0.1, 0.15) is 133 Å². The number of aliphatic hydroxyl groups excluding tert-OH is 1. The number of hydrogen-bond acceptors (Lipinski definition) is 5. The molecule has 1 aliphatic rings. The molecule has 0 aliphatic carbocycles. The van der Waals surface area contributed by atoms with Crippen molar-refractivity contribution in [2.75, 3.05) is 0 Å². The van der Waals surface area contributed by atoms with Crippen LogP contribution in [0, 0.1) is 38.4 Å². The molecule has 0 radical (unpaired) electrons. The maximum Gasteiger partial charge on any atom is 0.188 e. The highest BCUT2D eigenvalue weighted by Crippen LogP contribution is 2.54. The van der Waals surface area contributed by atoms with E-state index in [2.05, 4.69) is 89.2 Å². The van der Waals surface area contributed by atoms with Crippen LogP contribution in [0.3, 0.4) is 0 Å². The maximum atomic E-state index is 10.9. The number of aliphatic hydroxyl groups is 1. The van der Waals surface area contributed by atoms with Crippen molar-refractivity contribution in [3.05, 3.63) is 29.3 Å². The Bertz CT molecular complexity index is 980. The van der Waals surface area contributed by atoms with E-state index >= 15 is 0 Å². The minimum atomic E-state index is -0.712. The average molecular weight is 530 g/mol. The zero-order valence-corrected chi connectivity index (χ0v) is 26.2. The van der Waals surface area contributed by atoms with E-state index in [1.807, 2.05) is 0 Å². The number of nitrogens with zero attached hydrogens (tertiary/aromatic N) is 1. The first-order valence-electron chi connectivity index (χ1n) is 14.4. The van der Waals surface area contributed by atoms with Gasteiger partial charge in [-0.2, -0.15) is 5.26 Å². The third kappa shape index (κ3) is 7.12. The van der Waals surface area contributed by atoms with Crippen LogP contribution in [0.2, 0.25) is 0 Å². The van der Waals surface area contributed by atoms with Crippen molar-refractivity contribution in [3.8, 4) is 11.8 Å². The van der Waals surface area contributed by atoms with Gasteiger partial charge in [-0.15, -0.1) is 0 Å². The van der Waals surface area contributed by atoms with Gasteiger partial charge in [-0.1, -0.05) is 83.1 Å². The Morgan fingerprint density at radius 2 is 1.50 bits per heavy atom. The molecule has 1 aromatic carbocycles. The molecule has 0 aromatic heterocycles. The lowest BCUT2D eigenvalue weighted by molar-refractivity contribution is -0.280. The summed E-state index contributed by atoms with van der Waals surface area (Å²) in [4.78, 5) is 0. The summed E-state index contributed by atoms with van der Waals surface area (Å²) in [7, 11) is 0. The third-order valence-electron chi connectivity index (χ3n) is 10.4. The Labute approximate surface area is 232 Å². The first-order chi connectivity index (χ1) is 17.2. The highest BCUT2D eigenvalue weighted by Gasteiger charge is 2.49. The normalized spacial score (nSPS) is 22.7. The minimum absolute atomic E-state index is 0.00762. The van der Waals surface area contributed by atoms with Gasteiger partial charge in [-0.05, 0) is 71.0 Å². The second-order valence-electron chi connectivity index (χ2n) is 15.2. The molecule has 2 rings (SSSR count). The average Bonchev–Trinajstić information content (AvgIpc) is 2.81. The lowest BCUT2D eigenvalue weighted by Crippen LogP contribution is -2.49. The molecule has 4 atom stereocenters. The summed E-state index contributed by atoms with van der Waals surface area (Å²) in [6.45, 7) is 26.9. The zero-order valence-electron chi connectivity index (χ0n) is 26.2. The molecule has 0 bridgehead atoms. The largest absolute Gasteiger partial charge is 0.507 e. The van der Waals surface area contributed by atoms with Crippen molar-refractivity contribution in [2.24, 2.45) is 27.1 Å². The van der Waals surface area contributed by atoms with Crippen LogP contribution in [0.4, 0.5) is 0 Å². The van der Waals surface area contributed by atoms with Crippen molar-refractivity contribution in [2.45, 2.75) is 140 Å². The van der Waals surface area contributed by atoms with Crippen LogP contribution in [0.5, 0.6) is 5.75 Å². The molecule has 0 saturated carbocycles. The number of rotatable bonds is 10. The summed E-state index contributed by atoms with van der Waals surface area (Å²) in [6, 6.07) is 6.97. The van der Waals surface area contributed by atoms with Crippen LogP contribution < -0.4 is 0 Å². The summed E-state index contributed by atoms with van der Waals surface area (Å²) < 4.78 is 12.8. The Kier molecular flexibility index (Phi) is 9.85. The van der Waals surface area contributed by atoms with Crippen LogP contribution in [-0.4, -0.2) is 28.5 Å². The van der Waals surface area contributed by atoms with Crippen LogP contribution in [-0.2, 0) is 9.47 Å². The maximum absolute atomic E-state index is 10.9. The molecule has 1 saturated heterocycles. The topological polar surface area (TPSA) is 82.7 Å². The number of benzene rings is 1. The van der Waals surface area contributed by atoms with Gasteiger partial charge in [0.2, 0.25) is 0 Å². The number of ether oxygens (including phenoxy) is 2. The van der Waals surface area contributed by atoms with Gasteiger partial charge in [-0.25, -0.2) is 0 Å². The number of phenolic OH excluding ortho intramolecular Hbond substituents is 1. The van der Waals surface area contributed by atoms with Crippen molar-refractivity contribution in [3.63, 3.8) is 0 Å². The SMILES string of the molecule is CCC1CC(C(C)(C)C(C)(C)CCC(C)(C)C(C)(C)CC(O)C(C)(C)C)OC(c2cc(C#N)ccc2O)O1. The van der Waals surface area contributed by atoms with E-state index in [1.165, 1.54) is 0 Å². The number of hydrogen-bond donors (Lipinski definition) is 2. The van der Waals surface area contributed by atoms with E-state index in [1.54, 1.807) is 18.2 Å². The van der Waals surface area contributed by atoms with E-state index in [4.69, 9.17) is 9.47 Å². The number of aromatic hydroxyl groups is 1. The molecule has 0 amide bonds. The van der Waals surface area contributed by atoms with Gasteiger partial charge >= 0.3 is 0 Å². The van der Waals surface area contributed by atoms with Crippen molar-refractivity contribution < 1.29 is 19.7 Å². The predicted octanol–water partition coefficient (Wildman–Crippen LogP) is 8.53. The Hall–Kier alpha value is -1.61. The summed E-state index contributed by atoms with van der Waals surface area (Å²) >= 11 is 0. The Morgan fingerprint density at radius 1 is 0.921 bits per heavy atom. The van der Waals surface area contributed by atoms with Gasteiger partial charge in [-0.3, -0.25) is 0 Å². The smallest absolute Gasteiger partial charge is 0.188 e. The molecule has 38 heavy (non-hydrogen) atoms. The molecule has 216 valence electrons. The van der Waals surface area contributed by atoms with Gasteiger partial charge in [0.15, 0.2) is 6.29 Å². The minimum Gasteiger partial charge on any atom is -0.507 e. The van der Waals surface area contributed by atoms with E-state index in [0.29, 0.717) is 11.1 Å². The molecule has 1 heterocycles. The molecule has 1 aromatic rings. The highest BCUT2D eigenvalue weighted by atomic mass is 16.7. The van der Waals surface area contributed by atoms with Gasteiger partial charge in [0.25, 0.3) is 0 Å². The zero-order chi connectivity index (χ0) is 29.3. The molecule has 5 heteroatoms. The molecule has 0 spiro atoms. The fourth-order valence-electron chi connectivity index (χ4n) is 5.18. The van der Waals surface area contributed by atoms with Crippen molar-refractivity contribution in [1.29, 1.82) is 5.26 Å². The highest BCUT2D eigenvalue weighted by molar-refractivity contribution is 5.42. The summed E-state index contributed by atoms with van der Waals surface area (Å²) in [6.07, 6.45) is 3.31. The number of nitriles is 1. The van der Waals surface area contributed by atoms with E-state index in [-0.39, 0.29) is 51.1 Å². The predicted molar refractivity (Wildman–Crippen MR) is 155 cm³/mol. The third-order valence-corrected chi connectivity index (χ3v) is 10.4. The van der Waals surface area contributed by atoms with Crippen LogP contribution >= 0.6 is 0 Å². The van der Waals surface area contributed by atoms with Crippen LogP contribution in [0.15, 0.2) is 18.2 Å². The summed E-state index contributed by atoms with van der Waals surface area (Å²) in [5.41, 5.74) is 0.614. The molecule has 5 nitrogen and oxygen atoms in total. The fraction of sp³-hybridized carbons (Fsp3) is 0.788.